The average molecular weight is 360 g/mol. The van der Waals surface area contributed by atoms with Crippen molar-refractivity contribution in [3.63, 3.8) is 0 Å². The summed E-state index contributed by atoms with van der Waals surface area (Å²) in [5.41, 5.74) is -0.149. The van der Waals surface area contributed by atoms with E-state index in [2.05, 4.69) is 9.84 Å². The molecule has 0 saturated carbocycles. The lowest BCUT2D eigenvalue weighted by Crippen LogP contribution is -2.24. The number of benzene rings is 1. The Balaban J connectivity index is 2.26. The zero-order valence-corrected chi connectivity index (χ0v) is 13.2. The molecule has 0 amide bonds. The van der Waals surface area contributed by atoms with Crippen molar-refractivity contribution in [1.29, 1.82) is 0 Å². The standard InChI is InChI=1S/C16H17F3N2O4/c1-24-15(23)13(22)8-11-4-2-3-5-14(11)25-9-12-6-7-20-21(12)10-16(17,18)19/h2-7,13,22H,8-10H2,1H3/t13-/m0/s1/i9D2. The summed E-state index contributed by atoms with van der Waals surface area (Å²) in [6.45, 7) is -4.12. The third-order valence-electron chi connectivity index (χ3n) is 3.17. The van der Waals surface area contributed by atoms with Crippen LogP contribution >= 0.6 is 0 Å². The number of carbonyl (C=O) groups excluding carboxylic acids is 1. The Morgan fingerprint density at radius 3 is 2.80 bits per heavy atom. The number of carbonyl (C=O) groups is 1. The van der Waals surface area contributed by atoms with Crippen LogP contribution in [0, 0.1) is 0 Å². The Bertz CT molecular complexity index is 796. The van der Waals surface area contributed by atoms with Crippen molar-refractivity contribution in [3.8, 4) is 5.75 Å². The van der Waals surface area contributed by atoms with Gasteiger partial charge in [-0.2, -0.15) is 18.3 Å². The van der Waals surface area contributed by atoms with Crippen molar-refractivity contribution in [2.75, 3.05) is 7.11 Å². The lowest BCUT2D eigenvalue weighted by atomic mass is 10.1. The van der Waals surface area contributed by atoms with Gasteiger partial charge in [0.2, 0.25) is 0 Å². The van der Waals surface area contributed by atoms with E-state index < -0.39 is 37.0 Å². The van der Waals surface area contributed by atoms with Crippen LogP contribution < -0.4 is 4.74 Å². The molecule has 136 valence electrons. The summed E-state index contributed by atoms with van der Waals surface area (Å²) in [6, 6.07) is 7.05. The molecular formula is C16H17F3N2O4. The van der Waals surface area contributed by atoms with Crippen molar-refractivity contribution < 1.29 is 35.3 Å². The first-order chi connectivity index (χ1) is 12.5. The van der Waals surface area contributed by atoms with Gasteiger partial charge in [0, 0.05) is 12.6 Å². The number of aliphatic hydroxyl groups excluding tert-OH is 1. The fraction of sp³-hybridized carbons (Fsp3) is 0.375. The van der Waals surface area contributed by atoms with Crippen LogP contribution in [0.4, 0.5) is 13.2 Å². The smallest absolute Gasteiger partial charge is 0.408 e. The van der Waals surface area contributed by atoms with Crippen molar-refractivity contribution in [2.24, 2.45) is 0 Å². The van der Waals surface area contributed by atoms with E-state index in [1.54, 1.807) is 6.07 Å². The molecule has 0 aliphatic carbocycles. The molecule has 0 spiro atoms. The van der Waals surface area contributed by atoms with Gasteiger partial charge in [0.25, 0.3) is 0 Å². The zero-order chi connectivity index (χ0) is 20.2. The van der Waals surface area contributed by atoms with Gasteiger partial charge < -0.3 is 14.6 Å². The SMILES string of the molecule is [2H]C([2H])(Oc1ccccc1C[C@H](O)C(=O)OC)c1ccnn1CC(F)(F)F. The fourth-order valence-corrected chi connectivity index (χ4v) is 2.02. The van der Waals surface area contributed by atoms with Crippen LogP contribution in [-0.2, 0) is 29.1 Å². The molecule has 1 heterocycles. The zero-order valence-electron chi connectivity index (χ0n) is 15.2. The number of rotatable bonds is 7. The maximum atomic E-state index is 12.6. The van der Waals surface area contributed by atoms with Gasteiger partial charge in [-0.25, -0.2) is 4.79 Å². The molecule has 25 heavy (non-hydrogen) atoms. The van der Waals surface area contributed by atoms with Crippen molar-refractivity contribution in [1.82, 2.24) is 9.78 Å². The summed E-state index contributed by atoms with van der Waals surface area (Å²) in [6.07, 6.45) is -5.27. The Hall–Kier alpha value is -2.55. The van der Waals surface area contributed by atoms with Crippen LogP contribution in [0.1, 0.15) is 14.0 Å². The van der Waals surface area contributed by atoms with Crippen molar-refractivity contribution >= 4 is 5.97 Å². The van der Waals surface area contributed by atoms with E-state index in [0.29, 0.717) is 4.68 Å². The summed E-state index contributed by atoms with van der Waals surface area (Å²) in [4.78, 5) is 11.4. The Morgan fingerprint density at radius 1 is 1.40 bits per heavy atom. The first kappa shape index (κ1) is 15.9. The van der Waals surface area contributed by atoms with Crippen molar-refractivity contribution in [3.05, 3.63) is 47.8 Å². The predicted molar refractivity (Wildman–Crippen MR) is 80.8 cm³/mol. The summed E-state index contributed by atoms with van der Waals surface area (Å²) >= 11 is 0. The van der Waals surface area contributed by atoms with Crippen LogP contribution in [0.5, 0.6) is 5.75 Å². The molecule has 0 radical (unpaired) electrons. The summed E-state index contributed by atoms with van der Waals surface area (Å²) < 4.78 is 64.1. The van der Waals surface area contributed by atoms with E-state index >= 15 is 0 Å². The molecule has 0 fully saturated rings. The molecule has 1 aromatic carbocycles. The Labute approximate surface area is 144 Å². The van der Waals surface area contributed by atoms with Gasteiger partial charge in [0.1, 0.15) is 18.9 Å². The van der Waals surface area contributed by atoms with E-state index in [-0.39, 0.29) is 17.7 Å². The number of halogens is 3. The lowest BCUT2D eigenvalue weighted by Gasteiger charge is -2.15. The molecule has 0 aliphatic rings. The number of hydrogen-bond acceptors (Lipinski definition) is 5. The second-order valence-corrected chi connectivity index (χ2v) is 5.04. The normalized spacial score (nSPS) is 14.4. The van der Waals surface area contributed by atoms with E-state index in [0.717, 1.165) is 19.4 Å². The first-order valence-corrected chi connectivity index (χ1v) is 7.15. The number of aliphatic hydroxyl groups is 1. The molecule has 0 aliphatic heterocycles. The van der Waals surface area contributed by atoms with Crippen LogP contribution in [0.25, 0.3) is 0 Å². The average Bonchev–Trinajstić information content (AvgIpc) is 3.02. The highest BCUT2D eigenvalue weighted by atomic mass is 19.4. The van der Waals surface area contributed by atoms with Crippen LogP contribution in [0.15, 0.2) is 36.5 Å². The van der Waals surface area contributed by atoms with Gasteiger partial charge >= 0.3 is 12.1 Å². The Morgan fingerprint density at radius 2 is 2.12 bits per heavy atom. The number of aromatic nitrogens is 2. The maximum Gasteiger partial charge on any atom is 0.408 e. The van der Waals surface area contributed by atoms with Gasteiger partial charge in [-0.3, -0.25) is 4.68 Å². The number of ether oxygens (including phenoxy) is 2. The summed E-state index contributed by atoms with van der Waals surface area (Å²) in [5.74, 6) is -0.915. The molecule has 1 atom stereocenters. The molecule has 9 heteroatoms. The summed E-state index contributed by atoms with van der Waals surface area (Å²) in [7, 11) is 1.11. The minimum absolute atomic E-state index is 0.0368. The van der Waals surface area contributed by atoms with E-state index in [1.165, 1.54) is 18.2 Å². The van der Waals surface area contributed by atoms with Gasteiger partial charge in [0.15, 0.2) is 6.10 Å². The molecule has 6 nitrogen and oxygen atoms in total. The second-order valence-electron chi connectivity index (χ2n) is 5.04. The topological polar surface area (TPSA) is 73.6 Å². The lowest BCUT2D eigenvalue weighted by molar-refractivity contribution is -0.150. The minimum Gasteiger partial charge on any atom is -0.487 e. The van der Waals surface area contributed by atoms with Gasteiger partial charge in [-0.1, -0.05) is 18.2 Å². The van der Waals surface area contributed by atoms with Gasteiger partial charge in [0.05, 0.1) is 15.5 Å². The number of esters is 1. The quantitative estimate of drug-likeness (QED) is 0.766. The van der Waals surface area contributed by atoms with Crippen LogP contribution in [0.2, 0.25) is 0 Å². The highest BCUT2D eigenvalue weighted by Crippen LogP contribution is 2.22. The van der Waals surface area contributed by atoms with Crippen LogP contribution in [0.3, 0.4) is 0 Å². The number of alkyl halides is 3. The monoisotopic (exact) mass is 360 g/mol. The number of para-hydroxylation sites is 1. The van der Waals surface area contributed by atoms with Crippen LogP contribution in [-0.4, -0.2) is 40.2 Å². The maximum absolute atomic E-state index is 12.6. The number of nitrogens with zero attached hydrogens (tertiary/aromatic N) is 2. The third kappa shape index (κ3) is 5.49. The summed E-state index contributed by atoms with van der Waals surface area (Å²) in [5, 5.41) is 13.3. The minimum atomic E-state index is -4.58. The molecule has 2 rings (SSSR count). The first-order valence-electron chi connectivity index (χ1n) is 8.15. The largest absolute Gasteiger partial charge is 0.487 e. The predicted octanol–water partition coefficient (Wildman–Crippen LogP) is 2.10. The Kier molecular flexibility index (Phi) is 5.11. The number of hydrogen-bond donors (Lipinski definition) is 1. The third-order valence-corrected chi connectivity index (χ3v) is 3.17. The molecular weight excluding hydrogens is 341 g/mol. The fourth-order valence-electron chi connectivity index (χ4n) is 2.02. The molecule has 1 N–H and O–H groups in total. The van der Waals surface area contributed by atoms with E-state index in [1.807, 2.05) is 0 Å². The molecule has 0 unspecified atom stereocenters. The molecule has 2 aromatic rings. The van der Waals surface area contributed by atoms with E-state index in [9.17, 15) is 23.1 Å². The second kappa shape index (κ2) is 8.02. The van der Waals surface area contributed by atoms with Crippen molar-refractivity contribution in [2.45, 2.75) is 31.8 Å². The molecule has 0 bridgehead atoms. The molecule has 1 aromatic heterocycles. The van der Waals surface area contributed by atoms with Gasteiger partial charge in [-0.15, -0.1) is 0 Å². The van der Waals surface area contributed by atoms with Gasteiger partial charge in [-0.05, 0) is 17.7 Å². The molecule has 0 saturated heterocycles. The highest BCUT2D eigenvalue weighted by Gasteiger charge is 2.29. The van der Waals surface area contributed by atoms with E-state index in [4.69, 9.17) is 7.48 Å². The highest BCUT2D eigenvalue weighted by molar-refractivity contribution is 5.74. The number of methoxy groups -OCH3 is 1.